The van der Waals surface area contributed by atoms with Crippen LogP contribution >= 0.6 is 0 Å². The largest absolute Gasteiger partial charge is 0.394 e. The molecule has 0 radical (unpaired) electrons. The Kier molecular flexibility index (Phi) is 33.4. The van der Waals surface area contributed by atoms with Gasteiger partial charge in [0.2, 0.25) is 5.91 Å². The summed E-state index contributed by atoms with van der Waals surface area (Å²) >= 11 is 0. The Morgan fingerprint density at radius 1 is 0.571 bits per heavy atom. The molecule has 4 nitrogen and oxygen atoms in total. The number of rotatable bonds is 33. The zero-order valence-corrected chi connectivity index (χ0v) is 28.3. The van der Waals surface area contributed by atoms with Gasteiger partial charge in [0.1, 0.15) is 0 Å². The molecule has 248 valence electrons. The number of carbonyl (C=O) groups excluding carboxylic acids is 1. The second-order valence-corrected chi connectivity index (χ2v) is 12.7. The minimum atomic E-state index is -0.882. The van der Waals surface area contributed by atoms with Crippen molar-refractivity contribution in [2.45, 2.75) is 206 Å². The van der Waals surface area contributed by atoms with E-state index < -0.39 is 12.1 Å². The fourth-order valence-corrected chi connectivity index (χ4v) is 5.59. The Labute approximate surface area is 262 Å². The number of nitrogens with one attached hydrogen (secondary N) is 1. The van der Waals surface area contributed by atoms with E-state index in [0.29, 0.717) is 6.42 Å². The number of unbranched alkanes of at least 4 members (excludes halogenated alkanes) is 25. The first-order valence-corrected chi connectivity index (χ1v) is 18.6. The second-order valence-electron chi connectivity index (χ2n) is 12.7. The summed E-state index contributed by atoms with van der Waals surface area (Å²) in [6, 6.07) is -0.648. The van der Waals surface area contributed by atoms with Gasteiger partial charge in [-0.05, 0) is 19.3 Å². The SMILES string of the molecule is CCCCCCCCC/C=C/C=C/[C@@H](O)[C@H](CO)NC(=O)CCCCCCCCCCCCCCCCCCCCC. The van der Waals surface area contributed by atoms with Gasteiger partial charge in [-0.2, -0.15) is 0 Å². The Morgan fingerprint density at radius 2 is 0.952 bits per heavy atom. The molecule has 0 aromatic rings. The van der Waals surface area contributed by atoms with Gasteiger partial charge in [-0.15, -0.1) is 0 Å². The van der Waals surface area contributed by atoms with Gasteiger partial charge in [0.15, 0.2) is 0 Å². The minimum Gasteiger partial charge on any atom is -0.394 e. The summed E-state index contributed by atoms with van der Waals surface area (Å²) in [4.78, 5) is 12.3. The van der Waals surface area contributed by atoms with Gasteiger partial charge in [0.25, 0.3) is 0 Å². The van der Waals surface area contributed by atoms with Crippen LogP contribution in [0.1, 0.15) is 194 Å². The molecule has 0 saturated heterocycles. The molecule has 3 N–H and O–H groups in total. The van der Waals surface area contributed by atoms with Gasteiger partial charge in [0, 0.05) is 6.42 Å². The molecule has 0 heterocycles. The Bertz CT molecular complexity index is 603. The van der Waals surface area contributed by atoms with Crippen LogP contribution in [-0.4, -0.2) is 34.9 Å². The molecule has 0 unspecified atom stereocenters. The summed E-state index contributed by atoms with van der Waals surface area (Å²) < 4.78 is 0. The maximum Gasteiger partial charge on any atom is 0.220 e. The first-order valence-electron chi connectivity index (χ1n) is 18.6. The monoisotopic (exact) mass is 592 g/mol. The van der Waals surface area contributed by atoms with Crippen LogP contribution in [0.3, 0.4) is 0 Å². The number of aliphatic hydroxyl groups excluding tert-OH is 2. The molecule has 2 atom stereocenters. The van der Waals surface area contributed by atoms with Gasteiger partial charge >= 0.3 is 0 Å². The van der Waals surface area contributed by atoms with E-state index in [-0.39, 0.29) is 12.5 Å². The van der Waals surface area contributed by atoms with Crippen LogP contribution in [0.2, 0.25) is 0 Å². The Morgan fingerprint density at radius 3 is 1.36 bits per heavy atom. The highest BCUT2D eigenvalue weighted by Crippen LogP contribution is 2.15. The van der Waals surface area contributed by atoms with E-state index in [9.17, 15) is 15.0 Å². The number of aliphatic hydroxyl groups is 2. The maximum atomic E-state index is 12.3. The van der Waals surface area contributed by atoms with Crippen molar-refractivity contribution in [3.63, 3.8) is 0 Å². The average molecular weight is 592 g/mol. The van der Waals surface area contributed by atoms with Gasteiger partial charge < -0.3 is 15.5 Å². The third-order valence-corrected chi connectivity index (χ3v) is 8.49. The van der Waals surface area contributed by atoms with Crippen molar-refractivity contribution in [1.29, 1.82) is 0 Å². The third kappa shape index (κ3) is 30.3. The number of allylic oxidation sites excluding steroid dienone is 3. The van der Waals surface area contributed by atoms with Crippen LogP contribution in [0, 0.1) is 0 Å². The van der Waals surface area contributed by atoms with Crippen molar-refractivity contribution in [1.82, 2.24) is 5.32 Å². The topological polar surface area (TPSA) is 69.6 Å². The number of carbonyl (C=O) groups is 1. The molecule has 0 saturated carbocycles. The lowest BCUT2D eigenvalue weighted by Gasteiger charge is -2.19. The van der Waals surface area contributed by atoms with Crippen molar-refractivity contribution in [3.8, 4) is 0 Å². The normalized spacial score (nSPS) is 13.3. The molecule has 0 spiro atoms. The van der Waals surface area contributed by atoms with Gasteiger partial charge in [-0.3, -0.25) is 4.79 Å². The van der Waals surface area contributed by atoms with E-state index in [2.05, 4.69) is 25.2 Å². The zero-order chi connectivity index (χ0) is 30.8. The summed E-state index contributed by atoms with van der Waals surface area (Å²) in [7, 11) is 0. The van der Waals surface area contributed by atoms with Crippen molar-refractivity contribution in [2.75, 3.05) is 6.61 Å². The number of hydrogen-bond donors (Lipinski definition) is 3. The molecule has 0 aliphatic heterocycles. The molecule has 0 aliphatic rings. The van der Waals surface area contributed by atoms with Crippen LogP contribution in [0.15, 0.2) is 24.3 Å². The molecule has 0 aromatic heterocycles. The lowest BCUT2D eigenvalue weighted by Crippen LogP contribution is -2.45. The third-order valence-electron chi connectivity index (χ3n) is 8.49. The molecule has 0 aromatic carbocycles. The number of hydrogen-bond acceptors (Lipinski definition) is 3. The lowest BCUT2D eigenvalue weighted by molar-refractivity contribution is -0.123. The summed E-state index contributed by atoms with van der Waals surface area (Å²) in [5.41, 5.74) is 0. The highest BCUT2D eigenvalue weighted by molar-refractivity contribution is 5.76. The molecule has 0 bridgehead atoms. The highest BCUT2D eigenvalue weighted by atomic mass is 16.3. The molecular weight excluding hydrogens is 518 g/mol. The smallest absolute Gasteiger partial charge is 0.220 e. The minimum absolute atomic E-state index is 0.0806. The lowest BCUT2D eigenvalue weighted by atomic mass is 10.0. The van der Waals surface area contributed by atoms with E-state index in [1.54, 1.807) is 6.08 Å². The quantitative estimate of drug-likeness (QED) is 0.0525. The van der Waals surface area contributed by atoms with Crippen molar-refractivity contribution >= 4 is 5.91 Å². The summed E-state index contributed by atoms with van der Waals surface area (Å²) in [5.74, 6) is -0.0806. The van der Waals surface area contributed by atoms with Crippen LogP contribution in [-0.2, 0) is 4.79 Å². The summed E-state index contributed by atoms with van der Waals surface area (Å²) in [6.07, 6.45) is 42.7. The summed E-state index contributed by atoms with van der Waals surface area (Å²) in [6.45, 7) is 4.26. The maximum absolute atomic E-state index is 12.3. The molecule has 0 aliphatic carbocycles. The zero-order valence-electron chi connectivity index (χ0n) is 28.3. The van der Waals surface area contributed by atoms with Gasteiger partial charge in [-0.1, -0.05) is 192 Å². The molecular formula is C38H73NO3. The van der Waals surface area contributed by atoms with E-state index in [4.69, 9.17) is 0 Å². The van der Waals surface area contributed by atoms with Crippen molar-refractivity contribution in [3.05, 3.63) is 24.3 Å². The fraction of sp³-hybridized carbons (Fsp3) is 0.868. The first kappa shape index (κ1) is 40.9. The Hall–Kier alpha value is -1.13. The predicted molar refractivity (Wildman–Crippen MR) is 184 cm³/mol. The van der Waals surface area contributed by atoms with Crippen LogP contribution in [0.25, 0.3) is 0 Å². The standard InChI is InChI=1S/C38H73NO3/c1-3-5-7-9-11-13-15-16-17-18-19-20-21-22-24-26-28-30-32-34-38(42)39-36(35-40)37(41)33-31-29-27-25-23-14-12-10-8-6-4-2/h27,29,31,33,36-37,40-41H,3-26,28,30,32,34-35H2,1-2H3,(H,39,42)/b29-27+,33-31+/t36-,37+/m0/s1. The average Bonchev–Trinajstić information content (AvgIpc) is 2.99. The predicted octanol–water partition coefficient (Wildman–Crippen LogP) is 10.9. The van der Waals surface area contributed by atoms with Crippen molar-refractivity contribution < 1.29 is 15.0 Å². The molecule has 4 heteroatoms. The molecule has 42 heavy (non-hydrogen) atoms. The Balaban J connectivity index is 3.59. The number of amides is 1. The van der Waals surface area contributed by atoms with Gasteiger partial charge in [-0.25, -0.2) is 0 Å². The van der Waals surface area contributed by atoms with Crippen LogP contribution in [0.5, 0.6) is 0 Å². The van der Waals surface area contributed by atoms with E-state index >= 15 is 0 Å². The first-order chi connectivity index (χ1) is 20.7. The van der Waals surface area contributed by atoms with E-state index in [1.165, 1.54) is 154 Å². The van der Waals surface area contributed by atoms with Crippen molar-refractivity contribution in [2.24, 2.45) is 0 Å². The fourth-order valence-electron chi connectivity index (χ4n) is 5.59. The molecule has 1 amide bonds. The second kappa shape index (κ2) is 34.4. The van der Waals surface area contributed by atoms with Crippen LogP contribution in [0.4, 0.5) is 0 Å². The molecule has 0 rings (SSSR count). The van der Waals surface area contributed by atoms with E-state index in [0.717, 1.165) is 19.3 Å². The summed E-state index contributed by atoms with van der Waals surface area (Å²) in [5, 5.41) is 22.8. The highest BCUT2D eigenvalue weighted by Gasteiger charge is 2.17. The molecule has 0 fully saturated rings. The van der Waals surface area contributed by atoms with Crippen LogP contribution < -0.4 is 5.32 Å². The van der Waals surface area contributed by atoms with Gasteiger partial charge in [0.05, 0.1) is 18.8 Å². The van der Waals surface area contributed by atoms with E-state index in [1.807, 2.05) is 12.2 Å².